The quantitative estimate of drug-likeness (QED) is 0.802. The number of imidazole rings is 1. The van der Waals surface area contributed by atoms with Gasteiger partial charge in [-0.1, -0.05) is 30.3 Å². The van der Waals surface area contributed by atoms with Gasteiger partial charge in [-0.2, -0.15) is 0 Å². The molecular weight excluding hydrogens is 334 g/mol. The first-order valence-electron chi connectivity index (χ1n) is 8.40. The second-order valence-corrected chi connectivity index (χ2v) is 6.98. The van der Waals surface area contributed by atoms with Crippen LogP contribution < -0.4 is 0 Å². The zero-order valence-electron chi connectivity index (χ0n) is 15.6. The Kier molecular flexibility index (Phi) is 6.38. The zero-order chi connectivity index (χ0) is 19.2. The molecule has 0 aliphatic heterocycles. The van der Waals surface area contributed by atoms with Gasteiger partial charge in [-0.25, -0.2) is 14.6 Å². The normalized spacial score (nSPS) is 12.3. The fraction of sp³-hybridized carbons (Fsp3) is 0.421. The summed E-state index contributed by atoms with van der Waals surface area (Å²) >= 11 is 0. The molecule has 0 fully saturated rings. The fourth-order valence-electron chi connectivity index (χ4n) is 2.27. The van der Waals surface area contributed by atoms with Crippen molar-refractivity contribution >= 4 is 12.1 Å². The molecule has 7 nitrogen and oxygen atoms in total. The van der Waals surface area contributed by atoms with Crippen LogP contribution in [0, 0.1) is 0 Å². The van der Waals surface area contributed by atoms with Gasteiger partial charge in [0.1, 0.15) is 18.2 Å². The second-order valence-electron chi connectivity index (χ2n) is 6.98. The largest absolute Gasteiger partial charge is 0.459 e. The van der Waals surface area contributed by atoms with Crippen LogP contribution in [-0.4, -0.2) is 45.6 Å². The van der Waals surface area contributed by atoms with Crippen molar-refractivity contribution < 1.29 is 19.1 Å². The van der Waals surface area contributed by atoms with Crippen LogP contribution in [-0.2, 0) is 27.3 Å². The Morgan fingerprint density at radius 2 is 1.92 bits per heavy atom. The maximum Gasteiger partial charge on any atom is 0.410 e. The number of benzene rings is 1. The molecule has 0 bridgehead atoms. The number of hydrogen-bond donors (Lipinski definition) is 1. The van der Waals surface area contributed by atoms with Crippen molar-refractivity contribution in [1.82, 2.24) is 14.9 Å². The van der Waals surface area contributed by atoms with Gasteiger partial charge in [0.05, 0.1) is 6.33 Å². The molecule has 7 heteroatoms. The van der Waals surface area contributed by atoms with Crippen LogP contribution in [0.4, 0.5) is 4.79 Å². The van der Waals surface area contributed by atoms with Crippen molar-refractivity contribution in [3.05, 3.63) is 54.1 Å². The van der Waals surface area contributed by atoms with Gasteiger partial charge >= 0.3 is 12.1 Å². The molecule has 1 aromatic heterocycles. The van der Waals surface area contributed by atoms with Gasteiger partial charge in [0.15, 0.2) is 0 Å². The van der Waals surface area contributed by atoms with E-state index < -0.39 is 23.7 Å². The molecule has 0 aliphatic carbocycles. The summed E-state index contributed by atoms with van der Waals surface area (Å²) in [5.74, 6) is -0.503. The number of likely N-dealkylation sites (N-methyl/N-ethyl adjacent to an activating group) is 1. The van der Waals surface area contributed by atoms with E-state index in [1.807, 2.05) is 30.3 Å². The van der Waals surface area contributed by atoms with Gasteiger partial charge in [0.25, 0.3) is 0 Å². The minimum atomic E-state index is -0.825. The molecule has 0 aliphatic rings. The molecule has 0 saturated heterocycles. The first-order valence-corrected chi connectivity index (χ1v) is 8.40. The van der Waals surface area contributed by atoms with Crippen LogP contribution >= 0.6 is 0 Å². The van der Waals surface area contributed by atoms with E-state index in [0.29, 0.717) is 0 Å². The summed E-state index contributed by atoms with van der Waals surface area (Å²) in [5, 5.41) is 0. The summed E-state index contributed by atoms with van der Waals surface area (Å²) in [6.07, 6.45) is 2.80. The first-order chi connectivity index (χ1) is 12.3. The third-order valence-corrected chi connectivity index (χ3v) is 3.61. The van der Waals surface area contributed by atoms with E-state index >= 15 is 0 Å². The summed E-state index contributed by atoms with van der Waals surface area (Å²) in [6.45, 7) is 5.46. The SMILES string of the molecule is CN(C(=O)OC(C)(C)C)[C@@H](Cc1cnc[nH]1)C(=O)OCc1ccccc1. The number of hydrogen-bond acceptors (Lipinski definition) is 5. The lowest BCUT2D eigenvalue weighted by Gasteiger charge is -2.29. The number of H-pyrrole nitrogens is 1. The lowest BCUT2D eigenvalue weighted by molar-refractivity contribution is -0.150. The van der Waals surface area contributed by atoms with Crippen molar-refractivity contribution in [2.45, 2.75) is 45.4 Å². The van der Waals surface area contributed by atoms with Crippen molar-refractivity contribution in [3.8, 4) is 0 Å². The summed E-state index contributed by atoms with van der Waals surface area (Å²) in [4.78, 5) is 33.2. The minimum Gasteiger partial charge on any atom is -0.459 e. The van der Waals surface area contributed by atoms with Crippen molar-refractivity contribution in [2.75, 3.05) is 7.05 Å². The van der Waals surface area contributed by atoms with Gasteiger partial charge in [-0.3, -0.25) is 4.90 Å². The number of ether oxygens (including phenoxy) is 2. The van der Waals surface area contributed by atoms with E-state index in [1.54, 1.807) is 27.0 Å². The van der Waals surface area contributed by atoms with E-state index in [2.05, 4.69) is 9.97 Å². The van der Waals surface area contributed by atoms with Crippen LogP contribution in [0.1, 0.15) is 32.0 Å². The van der Waals surface area contributed by atoms with Crippen LogP contribution in [0.3, 0.4) is 0 Å². The Labute approximate surface area is 153 Å². The molecule has 140 valence electrons. The topological polar surface area (TPSA) is 84.5 Å². The molecule has 1 amide bonds. The molecule has 2 aromatic rings. The lowest BCUT2D eigenvalue weighted by Crippen LogP contribution is -2.46. The number of rotatable bonds is 6. The molecule has 0 unspecified atom stereocenters. The number of carbonyl (C=O) groups excluding carboxylic acids is 2. The van der Waals surface area contributed by atoms with Crippen LogP contribution in [0.2, 0.25) is 0 Å². The molecule has 1 N–H and O–H groups in total. The predicted octanol–water partition coefficient (Wildman–Crippen LogP) is 2.93. The Balaban J connectivity index is 2.09. The first kappa shape index (κ1) is 19.5. The Hall–Kier alpha value is -2.83. The number of carbonyl (C=O) groups is 2. The summed E-state index contributed by atoms with van der Waals surface area (Å²) < 4.78 is 10.8. The van der Waals surface area contributed by atoms with Crippen molar-refractivity contribution in [3.63, 3.8) is 0 Å². The highest BCUT2D eigenvalue weighted by Gasteiger charge is 2.32. The molecule has 26 heavy (non-hydrogen) atoms. The molecule has 0 spiro atoms. The zero-order valence-corrected chi connectivity index (χ0v) is 15.6. The highest BCUT2D eigenvalue weighted by molar-refractivity contribution is 5.81. The van der Waals surface area contributed by atoms with E-state index in [-0.39, 0.29) is 13.0 Å². The molecule has 1 heterocycles. The molecule has 1 atom stereocenters. The molecule has 0 saturated carbocycles. The Bertz CT molecular complexity index is 708. The Morgan fingerprint density at radius 1 is 1.23 bits per heavy atom. The second kappa shape index (κ2) is 8.51. The maximum absolute atomic E-state index is 12.6. The van der Waals surface area contributed by atoms with Crippen LogP contribution in [0.5, 0.6) is 0 Å². The van der Waals surface area contributed by atoms with Gasteiger partial charge in [-0.15, -0.1) is 0 Å². The lowest BCUT2D eigenvalue weighted by atomic mass is 10.1. The number of nitrogens with one attached hydrogen (secondary N) is 1. The average molecular weight is 359 g/mol. The van der Waals surface area contributed by atoms with E-state index in [1.165, 1.54) is 18.3 Å². The third kappa shape index (κ3) is 5.91. The van der Waals surface area contributed by atoms with E-state index in [9.17, 15) is 9.59 Å². The fourth-order valence-corrected chi connectivity index (χ4v) is 2.27. The van der Waals surface area contributed by atoms with Gasteiger partial charge < -0.3 is 14.5 Å². The number of aromatic amines is 1. The van der Waals surface area contributed by atoms with E-state index in [4.69, 9.17) is 9.47 Å². The standard InChI is InChI=1S/C19H25N3O4/c1-19(2,3)26-18(24)22(4)16(10-15-11-20-13-21-15)17(23)25-12-14-8-6-5-7-9-14/h5-9,11,13,16H,10,12H2,1-4H3,(H,20,21)/t16-/m0/s1. The number of esters is 1. The molecular formula is C19H25N3O4. The smallest absolute Gasteiger partial charge is 0.410 e. The predicted molar refractivity (Wildman–Crippen MR) is 96.3 cm³/mol. The number of amides is 1. The summed E-state index contributed by atoms with van der Waals surface area (Å²) in [5.41, 5.74) is 0.945. The Morgan fingerprint density at radius 3 is 2.50 bits per heavy atom. The summed E-state index contributed by atoms with van der Waals surface area (Å²) in [7, 11) is 1.53. The van der Waals surface area contributed by atoms with Gasteiger partial charge in [0.2, 0.25) is 0 Å². The van der Waals surface area contributed by atoms with Crippen LogP contribution in [0.15, 0.2) is 42.9 Å². The van der Waals surface area contributed by atoms with Crippen molar-refractivity contribution in [1.29, 1.82) is 0 Å². The number of nitrogens with zero attached hydrogens (tertiary/aromatic N) is 2. The highest BCUT2D eigenvalue weighted by Crippen LogP contribution is 2.14. The van der Waals surface area contributed by atoms with Gasteiger partial charge in [0, 0.05) is 25.4 Å². The molecule has 2 rings (SSSR count). The van der Waals surface area contributed by atoms with E-state index in [0.717, 1.165) is 11.3 Å². The third-order valence-electron chi connectivity index (χ3n) is 3.61. The minimum absolute atomic E-state index is 0.140. The van der Waals surface area contributed by atoms with Crippen LogP contribution in [0.25, 0.3) is 0 Å². The average Bonchev–Trinajstić information content (AvgIpc) is 3.09. The number of aromatic nitrogens is 2. The monoisotopic (exact) mass is 359 g/mol. The van der Waals surface area contributed by atoms with Gasteiger partial charge in [-0.05, 0) is 26.3 Å². The molecule has 0 radical (unpaired) electrons. The molecule has 1 aromatic carbocycles. The summed E-state index contributed by atoms with van der Waals surface area (Å²) in [6, 6.07) is 8.55. The highest BCUT2D eigenvalue weighted by atomic mass is 16.6. The van der Waals surface area contributed by atoms with Crippen molar-refractivity contribution in [2.24, 2.45) is 0 Å². The maximum atomic E-state index is 12.6.